The van der Waals surface area contributed by atoms with E-state index in [1.54, 1.807) is 35.4 Å². The number of nitrogens with one attached hydrogen (secondary N) is 1. The Balaban J connectivity index is 1.70. The molecule has 0 saturated heterocycles. The molecule has 2 aromatic heterocycles. The summed E-state index contributed by atoms with van der Waals surface area (Å²) in [6, 6.07) is 9.82. The predicted molar refractivity (Wildman–Crippen MR) is 90.3 cm³/mol. The first-order valence-corrected chi connectivity index (χ1v) is 8.01. The van der Waals surface area contributed by atoms with Gasteiger partial charge in [0.1, 0.15) is 5.82 Å². The Labute approximate surface area is 144 Å². The molecule has 128 valence electrons. The molecule has 0 bridgehead atoms. The average molecular weight is 339 g/mol. The Bertz CT molecular complexity index is 832. The number of carbonyl (C=O) groups is 1. The second-order valence-corrected chi connectivity index (χ2v) is 5.60. The summed E-state index contributed by atoms with van der Waals surface area (Å²) in [5, 5.41) is 10.8. The van der Waals surface area contributed by atoms with Crippen molar-refractivity contribution >= 4 is 5.91 Å². The number of hydrogen-bond donors (Lipinski definition) is 1. The molecule has 1 amide bonds. The molecule has 3 rings (SSSR count). The second-order valence-electron chi connectivity index (χ2n) is 5.60. The van der Waals surface area contributed by atoms with Gasteiger partial charge in [-0.25, -0.2) is 9.07 Å². The first-order chi connectivity index (χ1) is 12.2. The SMILES string of the molecule is CC[C@@H](c1ccc(F)cc1)n1cc(C(=O)NCc2ccncc2)nn1. The number of pyridine rings is 1. The first-order valence-electron chi connectivity index (χ1n) is 8.01. The minimum absolute atomic E-state index is 0.102. The maximum Gasteiger partial charge on any atom is 0.273 e. The summed E-state index contributed by atoms with van der Waals surface area (Å²) >= 11 is 0. The molecule has 0 fully saturated rings. The van der Waals surface area contributed by atoms with Gasteiger partial charge in [0.15, 0.2) is 5.69 Å². The molecule has 0 saturated carbocycles. The lowest BCUT2D eigenvalue weighted by Gasteiger charge is -2.14. The molecule has 1 aromatic carbocycles. The van der Waals surface area contributed by atoms with Gasteiger partial charge >= 0.3 is 0 Å². The smallest absolute Gasteiger partial charge is 0.273 e. The zero-order valence-electron chi connectivity index (χ0n) is 13.8. The molecule has 25 heavy (non-hydrogen) atoms. The Kier molecular flexibility index (Phi) is 5.13. The Morgan fingerprint density at radius 2 is 1.92 bits per heavy atom. The maximum atomic E-state index is 13.1. The van der Waals surface area contributed by atoms with Gasteiger partial charge in [-0.05, 0) is 41.8 Å². The molecule has 0 unspecified atom stereocenters. The fourth-order valence-corrected chi connectivity index (χ4v) is 2.57. The maximum absolute atomic E-state index is 13.1. The summed E-state index contributed by atoms with van der Waals surface area (Å²) in [5.41, 5.74) is 2.11. The van der Waals surface area contributed by atoms with Crippen LogP contribution >= 0.6 is 0 Å². The lowest BCUT2D eigenvalue weighted by molar-refractivity contribution is 0.0946. The summed E-state index contributed by atoms with van der Waals surface area (Å²) in [4.78, 5) is 16.2. The van der Waals surface area contributed by atoms with Gasteiger partial charge in [-0.15, -0.1) is 5.10 Å². The quantitative estimate of drug-likeness (QED) is 0.749. The number of amides is 1. The van der Waals surface area contributed by atoms with E-state index in [-0.39, 0.29) is 23.5 Å². The van der Waals surface area contributed by atoms with Crippen molar-refractivity contribution in [2.75, 3.05) is 0 Å². The van der Waals surface area contributed by atoms with E-state index < -0.39 is 0 Å². The molecular weight excluding hydrogens is 321 g/mol. The highest BCUT2D eigenvalue weighted by Gasteiger charge is 2.17. The number of carbonyl (C=O) groups excluding carboxylic acids is 1. The van der Waals surface area contributed by atoms with Crippen molar-refractivity contribution in [3.8, 4) is 0 Å². The van der Waals surface area contributed by atoms with Crippen molar-refractivity contribution in [3.63, 3.8) is 0 Å². The molecule has 0 aliphatic carbocycles. The summed E-state index contributed by atoms with van der Waals surface area (Å²) < 4.78 is 14.7. The van der Waals surface area contributed by atoms with E-state index >= 15 is 0 Å². The van der Waals surface area contributed by atoms with Crippen molar-refractivity contribution in [1.82, 2.24) is 25.3 Å². The largest absolute Gasteiger partial charge is 0.347 e. The van der Waals surface area contributed by atoms with E-state index in [0.29, 0.717) is 6.54 Å². The predicted octanol–water partition coefficient (Wildman–Crippen LogP) is 2.74. The van der Waals surface area contributed by atoms with E-state index in [1.165, 1.54) is 12.1 Å². The Hall–Kier alpha value is -3.09. The monoisotopic (exact) mass is 339 g/mol. The molecule has 1 N–H and O–H groups in total. The molecule has 3 aromatic rings. The van der Waals surface area contributed by atoms with Crippen LogP contribution in [0.25, 0.3) is 0 Å². The molecule has 1 atom stereocenters. The van der Waals surface area contributed by atoms with Gasteiger partial charge in [0, 0.05) is 18.9 Å². The van der Waals surface area contributed by atoms with E-state index in [1.807, 2.05) is 19.1 Å². The third-order valence-corrected chi connectivity index (χ3v) is 3.91. The molecule has 0 aliphatic heterocycles. The Morgan fingerprint density at radius 1 is 1.20 bits per heavy atom. The fraction of sp³-hybridized carbons (Fsp3) is 0.222. The topological polar surface area (TPSA) is 72.7 Å². The highest BCUT2D eigenvalue weighted by molar-refractivity contribution is 5.91. The van der Waals surface area contributed by atoms with Gasteiger partial charge in [0.25, 0.3) is 5.91 Å². The number of aromatic nitrogens is 4. The molecule has 0 spiro atoms. The first kappa shape index (κ1) is 16.8. The number of rotatable bonds is 6. The lowest BCUT2D eigenvalue weighted by atomic mass is 10.0. The van der Waals surface area contributed by atoms with Gasteiger partial charge < -0.3 is 5.32 Å². The third kappa shape index (κ3) is 4.06. The van der Waals surface area contributed by atoms with Crippen molar-refractivity contribution in [1.29, 1.82) is 0 Å². The van der Waals surface area contributed by atoms with Crippen molar-refractivity contribution in [3.05, 3.63) is 77.6 Å². The van der Waals surface area contributed by atoms with Crippen LogP contribution in [-0.2, 0) is 6.54 Å². The summed E-state index contributed by atoms with van der Waals surface area (Å²) in [7, 11) is 0. The van der Waals surface area contributed by atoms with Gasteiger partial charge in [0.05, 0.1) is 12.2 Å². The van der Waals surface area contributed by atoms with Crippen LogP contribution in [0.5, 0.6) is 0 Å². The van der Waals surface area contributed by atoms with E-state index in [0.717, 1.165) is 17.5 Å². The van der Waals surface area contributed by atoms with Gasteiger partial charge in [-0.1, -0.05) is 24.3 Å². The molecule has 0 aliphatic rings. The van der Waals surface area contributed by atoms with Crippen molar-refractivity contribution in [2.24, 2.45) is 0 Å². The number of benzene rings is 1. The van der Waals surface area contributed by atoms with Crippen molar-refractivity contribution in [2.45, 2.75) is 25.9 Å². The van der Waals surface area contributed by atoms with Gasteiger partial charge in [-0.2, -0.15) is 0 Å². The summed E-state index contributed by atoms with van der Waals surface area (Å²) in [6.07, 6.45) is 5.70. The van der Waals surface area contributed by atoms with Crippen LogP contribution in [0.4, 0.5) is 4.39 Å². The number of nitrogens with zero attached hydrogens (tertiary/aromatic N) is 4. The number of hydrogen-bond acceptors (Lipinski definition) is 4. The molecule has 7 heteroatoms. The molecular formula is C18H18FN5O. The highest BCUT2D eigenvalue weighted by atomic mass is 19.1. The van der Waals surface area contributed by atoms with Crippen LogP contribution in [0.1, 0.15) is 41.0 Å². The van der Waals surface area contributed by atoms with E-state index in [2.05, 4.69) is 20.6 Å². The van der Waals surface area contributed by atoms with Crippen LogP contribution in [0.3, 0.4) is 0 Å². The minimum Gasteiger partial charge on any atom is -0.347 e. The molecule has 2 heterocycles. The average Bonchev–Trinajstić information content (AvgIpc) is 3.13. The van der Waals surface area contributed by atoms with Crippen LogP contribution < -0.4 is 5.32 Å². The zero-order valence-corrected chi connectivity index (χ0v) is 13.8. The summed E-state index contributed by atoms with van der Waals surface area (Å²) in [5.74, 6) is -0.578. The zero-order chi connectivity index (χ0) is 17.6. The minimum atomic E-state index is -0.294. The number of halogens is 1. The second kappa shape index (κ2) is 7.65. The normalized spacial score (nSPS) is 11.9. The van der Waals surface area contributed by atoms with E-state index in [4.69, 9.17) is 0 Å². The van der Waals surface area contributed by atoms with Crippen LogP contribution in [-0.4, -0.2) is 25.9 Å². The Morgan fingerprint density at radius 3 is 2.60 bits per heavy atom. The summed E-state index contributed by atoms with van der Waals surface area (Å²) in [6.45, 7) is 2.39. The molecule has 6 nitrogen and oxygen atoms in total. The standard InChI is InChI=1S/C18H18FN5O/c1-2-17(14-3-5-15(19)6-4-14)24-12-16(22-23-24)18(25)21-11-13-7-9-20-10-8-13/h3-10,12,17H,2,11H2,1H3,(H,21,25)/t17-/m0/s1. The van der Waals surface area contributed by atoms with Crippen molar-refractivity contribution < 1.29 is 9.18 Å². The van der Waals surface area contributed by atoms with E-state index in [9.17, 15) is 9.18 Å². The van der Waals surface area contributed by atoms with Gasteiger partial charge in [0.2, 0.25) is 0 Å². The van der Waals surface area contributed by atoms with Crippen LogP contribution in [0.2, 0.25) is 0 Å². The van der Waals surface area contributed by atoms with Crippen LogP contribution in [0.15, 0.2) is 55.0 Å². The molecule has 0 radical (unpaired) electrons. The van der Waals surface area contributed by atoms with Crippen LogP contribution in [0, 0.1) is 5.82 Å². The lowest BCUT2D eigenvalue weighted by Crippen LogP contribution is -2.23. The fourth-order valence-electron chi connectivity index (χ4n) is 2.57. The highest BCUT2D eigenvalue weighted by Crippen LogP contribution is 2.21. The van der Waals surface area contributed by atoms with Gasteiger partial charge in [-0.3, -0.25) is 9.78 Å². The third-order valence-electron chi connectivity index (χ3n) is 3.91.